The Morgan fingerprint density at radius 1 is 1.29 bits per heavy atom. The number of carbonyl (C=O) groups excluding carboxylic acids is 2. The number of benzene rings is 1. The van der Waals surface area contributed by atoms with E-state index < -0.39 is 17.5 Å². The van der Waals surface area contributed by atoms with Crippen LogP contribution in [0.15, 0.2) is 18.2 Å². The number of amides is 2. The smallest absolute Gasteiger partial charge is 0.254 e. The van der Waals surface area contributed by atoms with E-state index in [0.29, 0.717) is 6.07 Å². The van der Waals surface area contributed by atoms with Gasteiger partial charge in [0.25, 0.3) is 5.91 Å². The van der Waals surface area contributed by atoms with Crippen molar-refractivity contribution in [1.82, 2.24) is 10.2 Å². The summed E-state index contributed by atoms with van der Waals surface area (Å²) < 4.78 is 25.8. The van der Waals surface area contributed by atoms with Crippen LogP contribution in [-0.2, 0) is 4.79 Å². The van der Waals surface area contributed by atoms with E-state index in [0.717, 1.165) is 12.1 Å². The van der Waals surface area contributed by atoms with Crippen LogP contribution in [0.25, 0.3) is 0 Å². The molecule has 1 aromatic carbocycles. The van der Waals surface area contributed by atoms with E-state index in [-0.39, 0.29) is 18.0 Å². The lowest BCUT2D eigenvalue weighted by molar-refractivity contribution is -0.127. The Kier molecular flexibility index (Phi) is 4.14. The minimum Gasteiger partial charge on any atom is -0.347 e. The Balaban J connectivity index is 2.68. The zero-order valence-corrected chi connectivity index (χ0v) is 9.46. The van der Waals surface area contributed by atoms with Gasteiger partial charge in [-0.15, -0.1) is 0 Å². The van der Waals surface area contributed by atoms with Gasteiger partial charge in [-0.25, -0.2) is 8.78 Å². The second-order valence-electron chi connectivity index (χ2n) is 3.60. The first kappa shape index (κ1) is 13.1. The number of nitrogens with zero attached hydrogens (tertiary/aromatic N) is 1. The summed E-state index contributed by atoms with van der Waals surface area (Å²) in [6.07, 6.45) is 0. The first-order chi connectivity index (χ1) is 7.91. The van der Waals surface area contributed by atoms with Gasteiger partial charge in [0.15, 0.2) is 0 Å². The van der Waals surface area contributed by atoms with Gasteiger partial charge in [0, 0.05) is 20.2 Å². The van der Waals surface area contributed by atoms with E-state index in [1.54, 1.807) is 0 Å². The molecule has 0 unspecified atom stereocenters. The number of rotatable bonds is 3. The van der Waals surface area contributed by atoms with Crippen LogP contribution >= 0.6 is 0 Å². The normalized spacial score (nSPS) is 9.88. The fourth-order valence-electron chi connectivity index (χ4n) is 1.08. The lowest BCUT2D eigenvalue weighted by Crippen LogP contribution is -2.36. The van der Waals surface area contributed by atoms with E-state index in [1.165, 1.54) is 19.0 Å². The zero-order chi connectivity index (χ0) is 13.0. The maximum atomic E-state index is 13.2. The molecular weight excluding hydrogens is 230 g/mol. The highest BCUT2D eigenvalue weighted by Crippen LogP contribution is 2.08. The molecular formula is C11H12F2N2O2. The second-order valence-corrected chi connectivity index (χ2v) is 3.60. The molecule has 1 rings (SSSR count). The Bertz CT molecular complexity index is 447. The summed E-state index contributed by atoms with van der Waals surface area (Å²) in [5.41, 5.74) is -0.294. The molecule has 2 amide bonds. The molecule has 0 aliphatic rings. The Labute approximate surface area is 97.2 Å². The van der Waals surface area contributed by atoms with E-state index in [9.17, 15) is 18.4 Å². The van der Waals surface area contributed by atoms with Gasteiger partial charge in [-0.1, -0.05) is 0 Å². The van der Waals surface area contributed by atoms with Crippen molar-refractivity contribution in [3.63, 3.8) is 0 Å². The number of hydrogen-bond acceptors (Lipinski definition) is 2. The third-order valence-corrected chi connectivity index (χ3v) is 2.07. The summed E-state index contributed by atoms with van der Waals surface area (Å²) in [4.78, 5) is 23.9. The van der Waals surface area contributed by atoms with Gasteiger partial charge in [0.1, 0.15) is 11.6 Å². The summed E-state index contributed by atoms with van der Waals surface area (Å²) in [6.45, 7) is -0.233. The Morgan fingerprint density at radius 2 is 1.94 bits per heavy atom. The monoisotopic (exact) mass is 242 g/mol. The van der Waals surface area contributed by atoms with Crippen molar-refractivity contribution in [2.75, 3.05) is 20.6 Å². The van der Waals surface area contributed by atoms with Gasteiger partial charge in [-0.05, 0) is 12.1 Å². The van der Waals surface area contributed by atoms with Gasteiger partial charge in [-0.2, -0.15) is 0 Å². The number of nitrogens with one attached hydrogen (secondary N) is 1. The maximum absolute atomic E-state index is 13.2. The number of carbonyl (C=O) groups is 2. The summed E-state index contributed by atoms with van der Waals surface area (Å²) in [5, 5.41) is 2.25. The van der Waals surface area contributed by atoms with Crippen molar-refractivity contribution < 1.29 is 18.4 Å². The van der Waals surface area contributed by atoms with Crippen molar-refractivity contribution in [3.05, 3.63) is 35.4 Å². The van der Waals surface area contributed by atoms with Crippen LogP contribution in [0.5, 0.6) is 0 Å². The van der Waals surface area contributed by atoms with Crippen molar-refractivity contribution in [1.29, 1.82) is 0 Å². The minimum absolute atomic E-state index is 0.233. The van der Waals surface area contributed by atoms with E-state index in [4.69, 9.17) is 0 Å². The lowest BCUT2D eigenvalue weighted by atomic mass is 10.2. The molecule has 0 saturated carbocycles. The standard InChI is InChI=1S/C11H12F2N2O2/c1-15(2)10(16)6-14-11(17)8-4-3-7(12)5-9(8)13/h3-5H,6H2,1-2H3,(H,14,17). The molecule has 92 valence electrons. The highest BCUT2D eigenvalue weighted by Gasteiger charge is 2.13. The Morgan fingerprint density at radius 3 is 2.47 bits per heavy atom. The molecule has 6 heteroatoms. The molecule has 0 atom stereocenters. The number of hydrogen-bond donors (Lipinski definition) is 1. The van der Waals surface area contributed by atoms with Crippen LogP contribution in [-0.4, -0.2) is 37.4 Å². The van der Waals surface area contributed by atoms with Crippen molar-refractivity contribution in [2.24, 2.45) is 0 Å². The van der Waals surface area contributed by atoms with Gasteiger partial charge < -0.3 is 10.2 Å². The minimum atomic E-state index is -0.959. The van der Waals surface area contributed by atoms with Crippen molar-refractivity contribution in [3.8, 4) is 0 Å². The first-order valence-electron chi connectivity index (χ1n) is 4.85. The third-order valence-electron chi connectivity index (χ3n) is 2.07. The van der Waals surface area contributed by atoms with Crippen LogP contribution < -0.4 is 5.32 Å². The molecule has 0 fully saturated rings. The molecule has 1 aromatic rings. The molecule has 0 heterocycles. The summed E-state index contributed by atoms with van der Waals surface area (Å²) in [7, 11) is 3.07. The van der Waals surface area contributed by atoms with Gasteiger partial charge in [0.2, 0.25) is 5.91 Å². The molecule has 0 aliphatic carbocycles. The molecule has 0 aliphatic heterocycles. The van der Waals surface area contributed by atoms with Crippen LogP contribution in [0.4, 0.5) is 8.78 Å². The fraction of sp³-hybridized carbons (Fsp3) is 0.273. The third kappa shape index (κ3) is 3.51. The largest absolute Gasteiger partial charge is 0.347 e. The number of halogens is 2. The molecule has 0 bridgehead atoms. The Hall–Kier alpha value is -1.98. The first-order valence-corrected chi connectivity index (χ1v) is 4.85. The average Bonchev–Trinajstić information content (AvgIpc) is 2.25. The average molecular weight is 242 g/mol. The molecule has 0 aromatic heterocycles. The van der Waals surface area contributed by atoms with Crippen LogP contribution in [0.1, 0.15) is 10.4 Å². The lowest BCUT2D eigenvalue weighted by Gasteiger charge is -2.11. The summed E-state index contributed by atoms with van der Waals surface area (Å²) >= 11 is 0. The second kappa shape index (κ2) is 5.38. The van der Waals surface area contributed by atoms with Gasteiger partial charge in [0.05, 0.1) is 12.1 Å². The van der Waals surface area contributed by atoms with Crippen molar-refractivity contribution >= 4 is 11.8 Å². The molecule has 0 radical (unpaired) electrons. The SMILES string of the molecule is CN(C)C(=O)CNC(=O)c1ccc(F)cc1F. The van der Waals surface area contributed by atoms with E-state index in [2.05, 4.69) is 5.32 Å². The van der Waals surface area contributed by atoms with E-state index >= 15 is 0 Å². The predicted octanol–water partition coefficient (Wildman–Crippen LogP) is 0.783. The quantitative estimate of drug-likeness (QED) is 0.851. The molecule has 1 N–H and O–H groups in total. The maximum Gasteiger partial charge on any atom is 0.254 e. The molecule has 0 saturated heterocycles. The van der Waals surface area contributed by atoms with Gasteiger partial charge >= 0.3 is 0 Å². The van der Waals surface area contributed by atoms with Crippen LogP contribution in [0.3, 0.4) is 0 Å². The fourth-order valence-corrected chi connectivity index (χ4v) is 1.08. The topological polar surface area (TPSA) is 49.4 Å². The van der Waals surface area contributed by atoms with E-state index in [1.807, 2.05) is 0 Å². The highest BCUT2D eigenvalue weighted by molar-refractivity contribution is 5.96. The summed E-state index contributed by atoms with van der Waals surface area (Å²) in [6, 6.07) is 2.62. The van der Waals surface area contributed by atoms with Gasteiger partial charge in [-0.3, -0.25) is 9.59 Å². The van der Waals surface area contributed by atoms with Crippen molar-refractivity contribution in [2.45, 2.75) is 0 Å². The van der Waals surface area contributed by atoms with Crippen LogP contribution in [0.2, 0.25) is 0 Å². The summed E-state index contributed by atoms with van der Waals surface area (Å²) in [5.74, 6) is -2.79. The molecule has 17 heavy (non-hydrogen) atoms. The molecule has 4 nitrogen and oxygen atoms in total. The van der Waals surface area contributed by atoms with Crippen LogP contribution in [0, 0.1) is 11.6 Å². The zero-order valence-electron chi connectivity index (χ0n) is 9.46. The number of likely N-dealkylation sites (N-methyl/N-ethyl adjacent to an activating group) is 1. The predicted molar refractivity (Wildman–Crippen MR) is 57.4 cm³/mol. The highest BCUT2D eigenvalue weighted by atomic mass is 19.1. The molecule has 0 spiro atoms.